The fourth-order valence-electron chi connectivity index (χ4n) is 1.42. The Labute approximate surface area is 106 Å². The molecule has 0 saturated carbocycles. The summed E-state index contributed by atoms with van der Waals surface area (Å²) in [5.41, 5.74) is -0.156. The minimum absolute atomic E-state index is 0.0696. The maximum Gasteiger partial charge on any atom is 0.162 e. The molecule has 0 spiro atoms. The van der Waals surface area contributed by atoms with Crippen LogP contribution in [0, 0.1) is 0 Å². The van der Waals surface area contributed by atoms with Gasteiger partial charge in [-0.25, -0.2) is 0 Å². The van der Waals surface area contributed by atoms with Crippen LogP contribution in [0.25, 0.3) is 0 Å². The van der Waals surface area contributed by atoms with Crippen LogP contribution in [0.4, 0.5) is 0 Å². The second-order valence-corrected chi connectivity index (χ2v) is 4.97. The number of methoxy groups -OCH3 is 1. The molecular formula is C12H18ClNO3. The van der Waals surface area contributed by atoms with Gasteiger partial charge in [0.05, 0.1) is 12.7 Å². The van der Waals surface area contributed by atoms with Gasteiger partial charge in [0.25, 0.3) is 0 Å². The molecule has 0 bridgehead atoms. The predicted molar refractivity (Wildman–Crippen MR) is 67.7 cm³/mol. The van der Waals surface area contributed by atoms with Crippen LogP contribution in [0.5, 0.6) is 11.5 Å². The minimum atomic E-state index is -0.793. The molecule has 0 atom stereocenters. The Morgan fingerprint density at radius 2 is 2.06 bits per heavy atom. The van der Waals surface area contributed by atoms with E-state index in [2.05, 4.69) is 5.32 Å². The molecule has 3 N–H and O–H groups in total. The lowest BCUT2D eigenvalue weighted by Gasteiger charge is -2.18. The van der Waals surface area contributed by atoms with Crippen LogP contribution < -0.4 is 10.1 Å². The van der Waals surface area contributed by atoms with Gasteiger partial charge in [-0.05, 0) is 19.9 Å². The maximum atomic E-state index is 9.86. The van der Waals surface area contributed by atoms with Crippen molar-refractivity contribution < 1.29 is 14.9 Å². The van der Waals surface area contributed by atoms with Gasteiger partial charge in [-0.2, -0.15) is 0 Å². The largest absolute Gasteiger partial charge is 0.504 e. The fourth-order valence-corrected chi connectivity index (χ4v) is 1.65. The summed E-state index contributed by atoms with van der Waals surface area (Å²) in [6, 6.07) is 3.22. The lowest BCUT2D eigenvalue weighted by atomic mass is 10.1. The number of nitrogens with one attached hydrogen (secondary N) is 1. The van der Waals surface area contributed by atoms with E-state index in [4.69, 9.17) is 16.3 Å². The van der Waals surface area contributed by atoms with Crippen LogP contribution in [-0.4, -0.2) is 29.5 Å². The van der Waals surface area contributed by atoms with E-state index in [-0.39, 0.29) is 5.75 Å². The third kappa shape index (κ3) is 4.42. The first kappa shape index (κ1) is 14.1. The average molecular weight is 260 g/mol. The Bertz CT molecular complexity index is 388. The van der Waals surface area contributed by atoms with Crippen LogP contribution >= 0.6 is 11.6 Å². The predicted octanol–water partition coefficient (Wildman–Crippen LogP) is 1.91. The van der Waals surface area contributed by atoms with Crippen LogP contribution in [-0.2, 0) is 6.54 Å². The van der Waals surface area contributed by atoms with Gasteiger partial charge in [0.2, 0.25) is 0 Å². The molecule has 0 aromatic heterocycles. The molecule has 1 rings (SSSR count). The highest BCUT2D eigenvalue weighted by Crippen LogP contribution is 2.33. The number of rotatable bonds is 5. The molecule has 1 aromatic rings. The fraction of sp³-hybridized carbons (Fsp3) is 0.500. The summed E-state index contributed by atoms with van der Waals surface area (Å²) in [6.07, 6.45) is 0. The van der Waals surface area contributed by atoms with Crippen molar-refractivity contribution in [2.75, 3.05) is 13.7 Å². The molecule has 0 aliphatic heterocycles. The summed E-state index contributed by atoms with van der Waals surface area (Å²) < 4.78 is 5.00. The summed E-state index contributed by atoms with van der Waals surface area (Å²) in [6.45, 7) is 4.24. The second kappa shape index (κ2) is 5.58. The number of aliphatic hydroxyl groups is 1. The quantitative estimate of drug-likeness (QED) is 0.756. The van der Waals surface area contributed by atoms with Gasteiger partial charge in [-0.3, -0.25) is 0 Å². The molecule has 0 amide bonds. The average Bonchev–Trinajstić information content (AvgIpc) is 2.20. The molecule has 5 heteroatoms. The van der Waals surface area contributed by atoms with Gasteiger partial charge in [-0.1, -0.05) is 11.6 Å². The zero-order valence-corrected chi connectivity index (χ0v) is 11.0. The highest BCUT2D eigenvalue weighted by molar-refractivity contribution is 6.30. The summed E-state index contributed by atoms with van der Waals surface area (Å²) in [5, 5.41) is 22.9. The van der Waals surface area contributed by atoms with E-state index in [9.17, 15) is 10.2 Å². The molecule has 0 fully saturated rings. The molecule has 0 saturated heterocycles. The Morgan fingerprint density at radius 3 is 2.59 bits per heavy atom. The van der Waals surface area contributed by atoms with Crippen molar-refractivity contribution in [2.45, 2.75) is 26.0 Å². The van der Waals surface area contributed by atoms with E-state index in [1.54, 1.807) is 26.0 Å². The topological polar surface area (TPSA) is 61.7 Å². The molecule has 0 radical (unpaired) electrons. The number of hydrogen-bond donors (Lipinski definition) is 3. The lowest BCUT2D eigenvalue weighted by Crippen LogP contribution is -2.34. The Morgan fingerprint density at radius 1 is 1.41 bits per heavy atom. The number of phenolic OH excluding ortho intramolecular Hbond substituents is 1. The number of ether oxygens (including phenoxy) is 1. The van der Waals surface area contributed by atoms with Crippen LogP contribution in [0.15, 0.2) is 12.1 Å². The number of halogens is 1. The van der Waals surface area contributed by atoms with Crippen molar-refractivity contribution in [3.63, 3.8) is 0 Å². The van der Waals surface area contributed by atoms with Crippen molar-refractivity contribution in [1.29, 1.82) is 0 Å². The SMILES string of the molecule is COc1cc(Cl)cc(CNCC(C)(C)O)c1O. The minimum Gasteiger partial charge on any atom is -0.504 e. The maximum absolute atomic E-state index is 9.86. The van der Waals surface area contributed by atoms with Crippen LogP contribution in [0.3, 0.4) is 0 Å². The van der Waals surface area contributed by atoms with Gasteiger partial charge in [-0.15, -0.1) is 0 Å². The van der Waals surface area contributed by atoms with E-state index in [1.807, 2.05) is 0 Å². The van der Waals surface area contributed by atoms with E-state index >= 15 is 0 Å². The third-order valence-corrected chi connectivity index (χ3v) is 2.43. The summed E-state index contributed by atoms with van der Waals surface area (Å²) >= 11 is 5.90. The first-order chi connectivity index (χ1) is 7.83. The highest BCUT2D eigenvalue weighted by atomic mass is 35.5. The summed E-state index contributed by atoms with van der Waals surface area (Å²) in [4.78, 5) is 0. The molecule has 0 unspecified atom stereocenters. The Kier molecular flexibility index (Phi) is 4.62. The van der Waals surface area contributed by atoms with Crippen LogP contribution in [0.2, 0.25) is 5.02 Å². The van der Waals surface area contributed by atoms with Crippen molar-refractivity contribution in [2.24, 2.45) is 0 Å². The normalized spacial score (nSPS) is 11.6. The molecule has 0 aliphatic rings. The molecule has 96 valence electrons. The number of hydrogen-bond acceptors (Lipinski definition) is 4. The molecule has 4 nitrogen and oxygen atoms in total. The smallest absolute Gasteiger partial charge is 0.162 e. The van der Waals surface area contributed by atoms with Crippen LogP contribution in [0.1, 0.15) is 19.4 Å². The Hall–Kier alpha value is -0.970. The van der Waals surface area contributed by atoms with Gasteiger partial charge in [0.15, 0.2) is 11.5 Å². The molecule has 1 aromatic carbocycles. The standard InChI is InChI=1S/C12H18ClNO3/c1-12(2,16)7-14-6-8-4-9(13)5-10(17-3)11(8)15/h4-5,14-16H,6-7H2,1-3H3. The molecule has 17 heavy (non-hydrogen) atoms. The molecule has 0 heterocycles. The Balaban J connectivity index is 2.74. The molecular weight excluding hydrogens is 242 g/mol. The van der Waals surface area contributed by atoms with E-state index in [0.717, 1.165) is 0 Å². The van der Waals surface area contributed by atoms with E-state index in [0.29, 0.717) is 29.4 Å². The number of benzene rings is 1. The van der Waals surface area contributed by atoms with Gasteiger partial charge < -0.3 is 20.3 Å². The van der Waals surface area contributed by atoms with Crippen molar-refractivity contribution in [1.82, 2.24) is 5.32 Å². The third-order valence-electron chi connectivity index (χ3n) is 2.21. The van der Waals surface area contributed by atoms with Gasteiger partial charge in [0, 0.05) is 29.7 Å². The van der Waals surface area contributed by atoms with Crippen molar-refractivity contribution in [3.8, 4) is 11.5 Å². The summed E-state index contributed by atoms with van der Waals surface area (Å²) in [5.74, 6) is 0.415. The molecule has 0 aliphatic carbocycles. The highest BCUT2D eigenvalue weighted by Gasteiger charge is 2.13. The number of phenols is 1. The van der Waals surface area contributed by atoms with E-state index in [1.165, 1.54) is 7.11 Å². The van der Waals surface area contributed by atoms with Gasteiger partial charge >= 0.3 is 0 Å². The number of aromatic hydroxyl groups is 1. The monoisotopic (exact) mass is 259 g/mol. The second-order valence-electron chi connectivity index (χ2n) is 4.53. The van der Waals surface area contributed by atoms with Crippen molar-refractivity contribution >= 4 is 11.6 Å². The first-order valence-electron chi connectivity index (χ1n) is 5.32. The van der Waals surface area contributed by atoms with Gasteiger partial charge in [0.1, 0.15) is 0 Å². The zero-order chi connectivity index (χ0) is 13.1. The lowest BCUT2D eigenvalue weighted by molar-refractivity contribution is 0.0794. The van der Waals surface area contributed by atoms with E-state index < -0.39 is 5.60 Å². The first-order valence-corrected chi connectivity index (χ1v) is 5.70. The van der Waals surface area contributed by atoms with Crippen molar-refractivity contribution in [3.05, 3.63) is 22.7 Å². The summed E-state index contributed by atoms with van der Waals surface area (Å²) in [7, 11) is 1.47. The zero-order valence-electron chi connectivity index (χ0n) is 10.2.